The first-order chi connectivity index (χ1) is 15.4. The van der Waals surface area contributed by atoms with Crippen LogP contribution in [0.1, 0.15) is 34.8 Å². The minimum Gasteiger partial charge on any atom is -0.368 e. The molecule has 0 unspecified atom stereocenters. The summed E-state index contributed by atoms with van der Waals surface area (Å²) < 4.78 is 27.2. The highest BCUT2D eigenvalue weighted by molar-refractivity contribution is 7.90. The normalized spacial score (nSPS) is 15.2. The fourth-order valence-electron chi connectivity index (χ4n) is 3.84. The van der Waals surface area contributed by atoms with E-state index in [-0.39, 0.29) is 5.75 Å². The lowest BCUT2D eigenvalue weighted by Gasteiger charge is -2.36. The van der Waals surface area contributed by atoms with Crippen molar-refractivity contribution in [3.63, 3.8) is 0 Å². The van der Waals surface area contributed by atoms with E-state index in [0.29, 0.717) is 5.56 Å². The van der Waals surface area contributed by atoms with Crippen LogP contribution in [-0.2, 0) is 23.0 Å². The molecule has 0 spiro atoms. The number of fused-ring (bicyclic) bond motifs is 1. The summed E-state index contributed by atoms with van der Waals surface area (Å²) in [5.41, 5.74) is 3.36. The van der Waals surface area contributed by atoms with Crippen molar-refractivity contribution in [3.8, 4) is 0 Å². The standard InChI is InChI=1S/C23H28N4O3S2/c1-3-17-9-10-18(23(28)25-32(29,30)4-2)20(15-17)27-13-11-26(12-14-27)16-22-24-19-7-5-6-8-21(19)31-22/h5-10,15H,3-4,11-14,16H2,1-2H3,(H,25,28). The number of piperazine rings is 1. The second-order valence-corrected chi connectivity index (χ2v) is 11.0. The summed E-state index contributed by atoms with van der Waals surface area (Å²) in [4.78, 5) is 22.0. The van der Waals surface area contributed by atoms with Gasteiger partial charge in [-0.2, -0.15) is 0 Å². The lowest BCUT2D eigenvalue weighted by molar-refractivity contribution is 0.0981. The van der Waals surface area contributed by atoms with Crippen LogP contribution in [0.4, 0.5) is 5.69 Å². The van der Waals surface area contributed by atoms with Crippen LogP contribution >= 0.6 is 11.3 Å². The van der Waals surface area contributed by atoms with Crippen molar-refractivity contribution in [1.29, 1.82) is 0 Å². The van der Waals surface area contributed by atoms with E-state index >= 15 is 0 Å². The van der Waals surface area contributed by atoms with Gasteiger partial charge in [-0.05, 0) is 43.2 Å². The van der Waals surface area contributed by atoms with E-state index in [1.165, 1.54) is 11.6 Å². The molecule has 2 heterocycles. The van der Waals surface area contributed by atoms with Crippen LogP contribution in [0.25, 0.3) is 10.2 Å². The van der Waals surface area contributed by atoms with Gasteiger partial charge in [-0.15, -0.1) is 11.3 Å². The fourth-order valence-corrected chi connectivity index (χ4v) is 5.39. The van der Waals surface area contributed by atoms with Gasteiger partial charge in [0, 0.05) is 31.9 Å². The number of amides is 1. The highest BCUT2D eigenvalue weighted by Crippen LogP contribution is 2.26. The molecule has 1 fully saturated rings. The molecule has 1 aromatic heterocycles. The van der Waals surface area contributed by atoms with Crippen LogP contribution in [0.2, 0.25) is 0 Å². The van der Waals surface area contributed by atoms with Gasteiger partial charge in [-0.25, -0.2) is 18.1 Å². The number of benzene rings is 2. The second kappa shape index (κ2) is 9.56. The number of para-hydroxylation sites is 1. The molecule has 1 saturated heterocycles. The van der Waals surface area contributed by atoms with E-state index in [9.17, 15) is 13.2 Å². The molecule has 3 aromatic rings. The molecule has 1 aliphatic heterocycles. The maximum absolute atomic E-state index is 12.7. The lowest BCUT2D eigenvalue weighted by Crippen LogP contribution is -2.46. The molecule has 0 atom stereocenters. The van der Waals surface area contributed by atoms with Crippen LogP contribution < -0.4 is 9.62 Å². The number of anilines is 1. The lowest BCUT2D eigenvalue weighted by atomic mass is 10.0. The molecule has 1 aliphatic rings. The number of hydrogen-bond donors (Lipinski definition) is 1. The number of aryl methyl sites for hydroxylation is 1. The van der Waals surface area contributed by atoms with E-state index < -0.39 is 15.9 Å². The van der Waals surface area contributed by atoms with Crippen molar-refractivity contribution >= 4 is 43.2 Å². The van der Waals surface area contributed by atoms with Gasteiger partial charge in [-0.3, -0.25) is 9.69 Å². The van der Waals surface area contributed by atoms with Gasteiger partial charge < -0.3 is 4.90 Å². The fraction of sp³-hybridized carbons (Fsp3) is 0.391. The third-order valence-electron chi connectivity index (χ3n) is 5.75. The van der Waals surface area contributed by atoms with Gasteiger partial charge in [-0.1, -0.05) is 25.1 Å². The minimum absolute atomic E-state index is 0.133. The van der Waals surface area contributed by atoms with E-state index in [1.807, 2.05) is 30.3 Å². The van der Waals surface area contributed by atoms with Gasteiger partial charge in [0.2, 0.25) is 10.0 Å². The largest absolute Gasteiger partial charge is 0.368 e. The average Bonchev–Trinajstić information content (AvgIpc) is 3.21. The zero-order valence-electron chi connectivity index (χ0n) is 18.4. The van der Waals surface area contributed by atoms with Crippen molar-refractivity contribution in [2.24, 2.45) is 0 Å². The number of carbonyl (C=O) groups is 1. The predicted molar refractivity (Wildman–Crippen MR) is 130 cm³/mol. The first kappa shape index (κ1) is 22.7. The maximum Gasteiger partial charge on any atom is 0.266 e. The van der Waals surface area contributed by atoms with Gasteiger partial charge in [0.15, 0.2) is 0 Å². The monoisotopic (exact) mass is 472 g/mol. The topological polar surface area (TPSA) is 82.6 Å². The van der Waals surface area contributed by atoms with Crippen molar-refractivity contribution in [3.05, 3.63) is 58.6 Å². The minimum atomic E-state index is -3.62. The van der Waals surface area contributed by atoms with Crippen molar-refractivity contribution in [1.82, 2.24) is 14.6 Å². The quantitative estimate of drug-likeness (QED) is 0.568. The number of rotatable bonds is 7. The molecule has 170 valence electrons. The van der Waals surface area contributed by atoms with E-state index in [4.69, 9.17) is 4.98 Å². The average molecular weight is 473 g/mol. The van der Waals surface area contributed by atoms with Gasteiger partial charge in [0.1, 0.15) is 5.01 Å². The van der Waals surface area contributed by atoms with Gasteiger partial charge in [0.05, 0.1) is 28.1 Å². The number of nitrogens with zero attached hydrogens (tertiary/aromatic N) is 3. The van der Waals surface area contributed by atoms with E-state index in [2.05, 4.69) is 27.5 Å². The molecule has 2 aromatic carbocycles. The van der Waals surface area contributed by atoms with Gasteiger partial charge in [0.25, 0.3) is 5.91 Å². The predicted octanol–water partition coefficient (Wildman–Crippen LogP) is 3.26. The Morgan fingerprint density at radius 3 is 2.53 bits per heavy atom. The van der Waals surface area contributed by atoms with Crippen molar-refractivity contribution in [2.45, 2.75) is 26.8 Å². The molecule has 9 heteroatoms. The Morgan fingerprint density at radius 1 is 1.09 bits per heavy atom. The zero-order chi connectivity index (χ0) is 22.7. The summed E-state index contributed by atoms with van der Waals surface area (Å²) in [6, 6.07) is 13.8. The number of carbonyl (C=O) groups excluding carboxylic acids is 1. The number of nitrogens with one attached hydrogen (secondary N) is 1. The summed E-state index contributed by atoms with van der Waals surface area (Å²) >= 11 is 1.73. The molecule has 4 rings (SSSR count). The Bertz CT molecular complexity index is 1180. The van der Waals surface area contributed by atoms with Crippen LogP contribution in [-0.4, -0.2) is 56.1 Å². The van der Waals surface area contributed by atoms with Crippen molar-refractivity contribution < 1.29 is 13.2 Å². The van der Waals surface area contributed by atoms with Gasteiger partial charge >= 0.3 is 0 Å². The summed E-state index contributed by atoms with van der Waals surface area (Å²) in [6.07, 6.45) is 0.847. The van der Waals surface area contributed by atoms with Crippen LogP contribution in [0.3, 0.4) is 0 Å². The van der Waals surface area contributed by atoms with Crippen LogP contribution in [0, 0.1) is 0 Å². The second-order valence-electron chi connectivity index (χ2n) is 7.88. The summed E-state index contributed by atoms with van der Waals surface area (Å²) in [5.74, 6) is -0.702. The molecular formula is C23H28N4O3S2. The first-order valence-corrected chi connectivity index (χ1v) is 13.3. The highest BCUT2D eigenvalue weighted by Gasteiger charge is 2.24. The molecule has 0 radical (unpaired) electrons. The number of sulfonamides is 1. The molecule has 1 N–H and O–H groups in total. The van der Waals surface area contributed by atoms with E-state index in [1.54, 1.807) is 17.4 Å². The van der Waals surface area contributed by atoms with Crippen molar-refractivity contribution in [2.75, 3.05) is 36.8 Å². The molecule has 0 bridgehead atoms. The zero-order valence-corrected chi connectivity index (χ0v) is 20.0. The molecule has 7 nitrogen and oxygen atoms in total. The number of thiazole rings is 1. The summed E-state index contributed by atoms with van der Waals surface area (Å²) in [6.45, 7) is 7.61. The Balaban J connectivity index is 1.47. The van der Waals surface area contributed by atoms with Crippen LogP contribution in [0.5, 0.6) is 0 Å². The third kappa shape index (κ3) is 5.11. The number of aromatic nitrogens is 1. The van der Waals surface area contributed by atoms with Crippen LogP contribution in [0.15, 0.2) is 42.5 Å². The maximum atomic E-state index is 12.7. The SMILES string of the molecule is CCc1ccc(C(=O)NS(=O)(=O)CC)c(N2CCN(Cc3nc4ccccc4s3)CC2)c1. The Morgan fingerprint density at radius 2 is 1.84 bits per heavy atom. The molecule has 32 heavy (non-hydrogen) atoms. The summed E-state index contributed by atoms with van der Waals surface area (Å²) in [5, 5.41) is 1.11. The summed E-state index contributed by atoms with van der Waals surface area (Å²) in [7, 11) is -3.62. The molecule has 0 saturated carbocycles. The Kier molecular flexibility index (Phi) is 6.78. The molecule has 0 aliphatic carbocycles. The Hall–Kier alpha value is -2.49. The molecule has 1 amide bonds. The number of hydrogen-bond acceptors (Lipinski definition) is 7. The third-order valence-corrected chi connectivity index (χ3v) is 8.03. The first-order valence-electron chi connectivity index (χ1n) is 10.9. The van der Waals surface area contributed by atoms with E-state index in [0.717, 1.165) is 60.9 Å². The molecular weight excluding hydrogens is 444 g/mol. The smallest absolute Gasteiger partial charge is 0.266 e. The Labute approximate surface area is 193 Å². The highest BCUT2D eigenvalue weighted by atomic mass is 32.2.